The quantitative estimate of drug-likeness (QED) is 0.904. The average molecular weight is 256 g/mol. The molecule has 1 amide bonds. The van der Waals surface area contributed by atoms with Gasteiger partial charge in [-0.2, -0.15) is 0 Å². The molecule has 0 atom stereocenters. The molecule has 0 spiro atoms. The van der Waals surface area contributed by atoms with Crippen LogP contribution in [0.4, 0.5) is 0 Å². The molecule has 1 N–H and O–H groups in total. The standard InChI is InChI=1S/C14H16N4O/c1-10-4-2-5-11(8-10)14(19)15-9-13-17-16-12-6-3-7-18(12)13/h2,4-5,8H,3,6-7,9H2,1H3,(H,15,19). The highest BCUT2D eigenvalue weighted by atomic mass is 16.1. The van der Waals surface area contributed by atoms with E-state index in [0.29, 0.717) is 12.1 Å². The van der Waals surface area contributed by atoms with Crippen molar-refractivity contribution in [1.29, 1.82) is 0 Å². The number of carbonyl (C=O) groups is 1. The summed E-state index contributed by atoms with van der Waals surface area (Å²) in [4.78, 5) is 12.0. The molecule has 3 rings (SSSR count). The molecule has 1 aromatic heterocycles. The number of carbonyl (C=O) groups excluding carboxylic acids is 1. The third kappa shape index (κ3) is 2.36. The van der Waals surface area contributed by atoms with Gasteiger partial charge in [-0.1, -0.05) is 17.7 Å². The summed E-state index contributed by atoms with van der Waals surface area (Å²) in [5, 5.41) is 11.1. The topological polar surface area (TPSA) is 59.8 Å². The van der Waals surface area contributed by atoms with Crippen LogP contribution >= 0.6 is 0 Å². The zero-order valence-electron chi connectivity index (χ0n) is 10.9. The summed E-state index contributed by atoms with van der Waals surface area (Å²) < 4.78 is 2.09. The summed E-state index contributed by atoms with van der Waals surface area (Å²) in [6.45, 7) is 3.36. The van der Waals surface area contributed by atoms with E-state index in [4.69, 9.17) is 0 Å². The van der Waals surface area contributed by atoms with Gasteiger partial charge in [0.2, 0.25) is 0 Å². The number of hydrogen-bond donors (Lipinski definition) is 1. The van der Waals surface area contributed by atoms with Gasteiger partial charge in [0.15, 0.2) is 5.82 Å². The number of aromatic nitrogens is 3. The predicted octanol–water partition coefficient (Wildman–Crippen LogP) is 1.46. The van der Waals surface area contributed by atoms with Gasteiger partial charge < -0.3 is 9.88 Å². The minimum atomic E-state index is -0.0703. The van der Waals surface area contributed by atoms with Crippen molar-refractivity contribution in [2.24, 2.45) is 0 Å². The van der Waals surface area contributed by atoms with Crippen molar-refractivity contribution >= 4 is 5.91 Å². The lowest BCUT2D eigenvalue weighted by Gasteiger charge is -2.06. The van der Waals surface area contributed by atoms with E-state index in [1.165, 1.54) is 0 Å². The van der Waals surface area contributed by atoms with Crippen molar-refractivity contribution in [3.8, 4) is 0 Å². The first kappa shape index (κ1) is 11.9. The van der Waals surface area contributed by atoms with Crippen molar-refractivity contribution < 1.29 is 4.79 Å². The zero-order chi connectivity index (χ0) is 13.2. The van der Waals surface area contributed by atoms with Gasteiger partial charge in [-0.3, -0.25) is 4.79 Å². The minimum absolute atomic E-state index is 0.0703. The molecule has 0 unspecified atom stereocenters. The fourth-order valence-electron chi connectivity index (χ4n) is 2.39. The Hall–Kier alpha value is -2.17. The van der Waals surface area contributed by atoms with Gasteiger partial charge in [0, 0.05) is 18.5 Å². The lowest BCUT2D eigenvalue weighted by molar-refractivity contribution is 0.0949. The molecule has 0 bridgehead atoms. The second-order valence-corrected chi connectivity index (χ2v) is 4.84. The number of hydrogen-bond acceptors (Lipinski definition) is 3. The van der Waals surface area contributed by atoms with E-state index in [1.54, 1.807) is 0 Å². The minimum Gasteiger partial charge on any atom is -0.345 e. The van der Waals surface area contributed by atoms with E-state index in [1.807, 2.05) is 31.2 Å². The summed E-state index contributed by atoms with van der Waals surface area (Å²) >= 11 is 0. The Morgan fingerprint density at radius 3 is 3.16 bits per heavy atom. The molecule has 5 nitrogen and oxygen atoms in total. The van der Waals surface area contributed by atoms with Gasteiger partial charge in [-0.25, -0.2) is 0 Å². The van der Waals surface area contributed by atoms with Crippen molar-refractivity contribution in [2.75, 3.05) is 0 Å². The van der Waals surface area contributed by atoms with Crippen LogP contribution < -0.4 is 5.32 Å². The normalized spacial score (nSPS) is 13.3. The van der Waals surface area contributed by atoms with Gasteiger partial charge in [0.25, 0.3) is 5.91 Å². The molecule has 0 fully saturated rings. The second kappa shape index (κ2) is 4.84. The van der Waals surface area contributed by atoms with Crippen LogP contribution in [0.25, 0.3) is 0 Å². The van der Waals surface area contributed by atoms with Crippen molar-refractivity contribution in [3.05, 3.63) is 47.0 Å². The number of amides is 1. The van der Waals surface area contributed by atoms with E-state index >= 15 is 0 Å². The third-order valence-electron chi connectivity index (χ3n) is 3.37. The second-order valence-electron chi connectivity index (χ2n) is 4.84. The number of nitrogens with zero attached hydrogens (tertiary/aromatic N) is 3. The Kier molecular flexibility index (Phi) is 3.03. The maximum Gasteiger partial charge on any atom is 0.251 e. The molecule has 1 aliphatic rings. The summed E-state index contributed by atoms with van der Waals surface area (Å²) in [6.07, 6.45) is 2.10. The average Bonchev–Trinajstić information content (AvgIpc) is 2.99. The number of fused-ring (bicyclic) bond motifs is 1. The zero-order valence-corrected chi connectivity index (χ0v) is 10.9. The molecular formula is C14H16N4O. The molecular weight excluding hydrogens is 240 g/mol. The molecule has 2 heterocycles. The van der Waals surface area contributed by atoms with E-state index < -0.39 is 0 Å². The van der Waals surface area contributed by atoms with Crippen LogP contribution in [0.2, 0.25) is 0 Å². The van der Waals surface area contributed by atoms with Crippen molar-refractivity contribution in [2.45, 2.75) is 32.9 Å². The molecule has 0 saturated heterocycles. The summed E-state index contributed by atoms with van der Waals surface area (Å²) in [6, 6.07) is 7.56. The van der Waals surface area contributed by atoms with Crippen LogP contribution in [0.5, 0.6) is 0 Å². The molecule has 2 aromatic rings. The van der Waals surface area contributed by atoms with Crippen LogP contribution in [-0.4, -0.2) is 20.7 Å². The predicted molar refractivity (Wildman–Crippen MR) is 70.7 cm³/mol. The van der Waals surface area contributed by atoms with E-state index in [0.717, 1.165) is 36.6 Å². The molecule has 5 heteroatoms. The highest BCUT2D eigenvalue weighted by Gasteiger charge is 2.17. The summed E-state index contributed by atoms with van der Waals surface area (Å²) in [5.41, 5.74) is 1.76. The van der Waals surface area contributed by atoms with Crippen LogP contribution in [0, 0.1) is 6.92 Å². The smallest absolute Gasteiger partial charge is 0.251 e. The Morgan fingerprint density at radius 1 is 1.42 bits per heavy atom. The van der Waals surface area contributed by atoms with Crippen LogP contribution in [0.15, 0.2) is 24.3 Å². The Labute approximate surface area is 111 Å². The van der Waals surface area contributed by atoms with Gasteiger partial charge in [-0.05, 0) is 25.5 Å². The molecule has 1 aromatic carbocycles. The number of aryl methyl sites for hydroxylation is 2. The fraction of sp³-hybridized carbons (Fsp3) is 0.357. The monoisotopic (exact) mass is 256 g/mol. The summed E-state index contributed by atoms with van der Waals surface area (Å²) in [5.74, 6) is 1.80. The first-order valence-corrected chi connectivity index (χ1v) is 6.50. The Balaban J connectivity index is 1.67. The molecule has 98 valence electrons. The molecule has 1 aliphatic heterocycles. The maximum absolute atomic E-state index is 12.0. The highest BCUT2D eigenvalue weighted by molar-refractivity contribution is 5.94. The van der Waals surface area contributed by atoms with Crippen molar-refractivity contribution in [1.82, 2.24) is 20.1 Å². The van der Waals surface area contributed by atoms with Gasteiger partial charge in [0.1, 0.15) is 5.82 Å². The maximum atomic E-state index is 12.0. The molecule has 0 aliphatic carbocycles. The Morgan fingerprint density at radius 2 is 2.32 bits per heavy atom. The van der Waals surface area contributed by atoms with E-state index in [2.05, 4.69) is 20.1 Å². The highest BCUT2D eigenvalue weighted by Crippen LogP contribution is 2.13. The molecule has 0 saturated carbocycles. The third-order valence-corrected chi connectivity index (χ3v) is 3.37. The first-order chi connectivity index (χ1) is 9.24. The van der Waals surface area contributed by atoms with E-state index in [-0.39, 0.29) is 5.91 Å². The lowest BCUT2D eigenvalue weighted by Crippen LogP contribution is -2.24. The molecule has 0 radical (unpaired) electrons. The SMILES string of the molecule is Cc1cccc(C(=O)NCc2nnc3n2CCC3)c1. The van der Waals surface area contributed by atoms with Gasteiger partial charge >= 0.3 is 0 Å². The number of benzene rings is 1. The fourth-order valence-corrected chi connectivity index (χ4v) is 2.39. The molecule has 19 heavy (non-hydrogen) atoms. The Bertz CT molecular complexity index is 618. The number of nitrogens with one attached hydrogen (secondary N) is 1. The van der Waals surface area contributed by atoms with Gasteiger partial charge in [0.05, 0.1) is 6.54 Å². The lowest BCUT2D eigenvalue weighted by atomic mass is 10.1. The van der Waals surface area contributed by atoms with Gasteiger partial charge in [-0.15, -0.1) is 10.2 Å². The van der Waals surface area contributed by atoms with E-state index in [9.17, 15) is 4.79 Å². The summed E-state index contributed by atoms with van der Waals surface area (Å²) in [7, 11) is 0. The van der Waals surface area contributed by atoms with Crippen LogP contribution in [-0.2, 0) is 19.5 Å². The number of rotatable bonds is 3. The van der Waals surface area contributed by atoms with Crippen LogP contribution in [0.3, 0.4) is 0 Å². The first-order valence-electron chi connectivity index (χ1n) is 6.50. The largest absolute Gasteiger partial charge is 0.345 e. The van der Waals surface area contributed by atoms with Crippen molar-refractivity contribution in [3.63, 3.8) is 0 Å². The van der Waals surface area contributed by atoms with Crippen LogP contribution in [0.1, 0.15) is 34.0 Å².